The van der Waals surface area contributed by atoms with Crippen LogP contribution in [0.25, 0.3) is 0 Å². The molecule has 0 aromatic heterocycles. The van der Waals surface area contributed by atoms with Crippen molar-refractivity contribution in [2.24, 2.45) is 0 Å². The van der Waals surface area contributed by atoms with E-state index in [2.05, 4.69) is 0 Å². The lowest BCUT2D eigenvalue weighted by atomic mass is 10.2. The molecular weight excluding hydrogens is 268 g/mol. The van der Waals surface area contributed by atoms with E-state index in [-0.39, 0.29) is 36.9 Å². The Morgan fingerprint density at radius 2 is 1.79 bits per heavy atom. The van der Waals surface area contributed by atoms with Crippen LogP contribution in [0.1, 0.15) is 40.5 Å². The van der Waals surface area contributed by atoms with Crippen LogP contribution in [0.5, 0.6) is 0 Å². The van der Waals surface area contributed by atoms with Gasteiger partial charge in [0.1, 0.15) is 6.04 Å². The van der Waals surface area contributed by atoms with Gasteiger partial charge in [-0.3, -0.25) is 14.5 Å². The molecule has 1 aliphatic rings. The zero-order valence-corrected chi connectivity index (χ0v) is 12.9. The van der Waals surface area contributed by atoms with E-state index in [1.165, 1.54) is 0 Å². The van der Waals surface area contributed by atoms with Crippen LogP contribution in [0.15, 0.2) is 0 Å². The molecule has 1 fully saturated rings. The van der Waals surface area contributed by atoms with Crippen molar-refractivity contribution in [1.82, 2.24) is 9.80 Å². The number of carboxylic acids is 1. The second kappa shape index (κ2) is 7.70. The fourth-order valence-electron chi connectivity index (χ4n) is 2.72. The lowest BCUT2D eigenvalue weighted by molar-refractivity contribution is -0.144. The summed E-state index contributed by atoms with van der Waals surface area (Å²) in [6.45, 7) is 8.85. The summed E-state index contributed by atoms with van der Waals surface area (Å²) >= 11 is 0. The Morgan fingerprint density at radius 1 is 1.26 bits per heavy atom. The van der Waals surface area contributed by atoms with Crippen LogP contribution in [0.4, 0.5) is 0 Å². The largest absolute Gasteiger partial charge is 0.480 e. The van der Waals surface area contributed by atoms with Gasteiger partial charge in [0.25, 0.3) is 0 Å². The predicted molar refractivity (Wildman–Crippen MR) is 76.6 cm³/mol. The summed E-state index contributed by atoms with van der Waals surface area (Å²) in [6.07, 6.45) is 1.50. The summed E-state index contributed by atoms with van der Waals surface area (Å²) in [5, 5.41) is 9.09. The molecule has 112 valence electrons. The molecule has 0 saturated carbocycles. The van der Waals surface area contributed by atoms with Crippen molar-refractivity contribution in [3.8, 4) is 0 Å². The van der Waals surface area contributed by atoms with E-state index in [1.54, 1.807) is 4.90 Å². The Bertz CT molecular complexity index is 313. The quantitative estimate of drug-likeness (QED) is 0.836. The molecule has 0 aromatic rings. The average Bonchev–Trinajstić information content (AvgIpc) is 2.63. The highest BCUT2D eigenvalue weighted by molar-refractivity contribution is 5.85. The van der Waals surface area contributed by atoms with Crippen molar-refractivity contribution >= 4 is 24.3 Å². The molecule has 1 N–H and O–H groups in total. The minimum Gasteiger partial charge on any atom is -0.480 e. The molecule has 1 heterocycles. The number of hydrogen-bond donors (Lipinski definition) is 1. The van der Waals surface area contributed by atoms with E-state index in [0.717, 1.165) is 6.42 Å². The molecule has 5 nitrogen and oxygen atoms in total. The maximum Gasteiger partial charge on any atom is 0.320 e. The maximum atomic E-state index is 12.2. The SMILES string of the molecule is CC(C)N(C(=O)CN1CCC[C@H]1C(=O)O)C(C)C.Cl. The number of likely N-dealkylation sites (tertiary alicyclic amines) is 1. The standard InChI is InChI=1S/C13H24N2O3.ClH/c1-9(2)15(10(3)4)12(16)8-14-7-5-6-11(14)13(17)18;/h9-11H,5-8H2,1-4H3,(H,17,18);1H/t11-;/m0./s1. The number of rotatable bonds is 5. The van der Waals surface area contributed by atoms with Crippen LogP contribution in [-0.4, -0.2) is 58.0 Å². The van der Waals surface area contributed by atoms with Gasteiger partial charge in [-0.25, -0.2) is 0 Å². The molecule has 0 spiro atoms. The predicted octanol–water partition coefficient (Wildman–Crippen LogP) is 1.60. The number of nitrogens with zero attached hydrogens (tertiary/aromatic N) is 2. The van der Waals surface area contributed by atoms with Gasteiger partial charge in [-0.05, 0) is 47.1 Å². The molecular formula is C13H25ClN2O3. The summed E-state index contributed by atoms with van der Waals surface area (Å²) in [5.41, 5.74) is 0. The highest BCUT2D eigenvalue weighted by Crippen LogP contribution is 2.18. The smallest absolute Gasteiger partial charge is 0.320 e. The molecule has 0 radical (unpaired) electrons. The van der Waals surface area contributed by atoms with Crippen molar-refractivity contribution in [3.05, 3.63) is 0 Å². The lowest BCUT2D eigenvalue weighted by Gasteiger charge is -2.33. The van der Waals surface area contributed by atoms with Gasteiger partial charge in [-0.1, -0.05) is 0 Å². The Balaban J connectivity index is 0.00000324. The first-order chi connectivity index (χ1) is 8.34. The first-order valence-electron chi connectivity index (χ1n) is 6.62. The molecule has 1 amide bonds. The number of aliphatic carboxylic acids is 1. The highest BCUT2D eigenvalue weighted by Gasteiger charge is 2.33. The number of carboxylic acid groups (broad SMARTS) is 1. The van der Waals surface area contributed by atoms with E-state index in [4.69, 9.17) is 5.11 Å². The summed E-state index contributed by atoms with van der Waals surface area (Å²) < 4.78 is 0. The van der Waals surface area contributed by atoms with E-state index < -0.39 is 12.0 Å². The van der Waals surface area contributed by atoms with Crippen LogP contribution in [0.2, 0.25) is 0 Å². The van der Waals surface area contributed by atoms with Gasteiger partial charge in [-0.15, -0.1) is 12.4 Å². The van der Waals surface area contributed by atoms with E-state index in [1.807, 2.05) is 32.6 Å². The molecule has 1 rings (SSSR count). The Kier molecular flexibility index (Phi) is 7.37. The van der Waals surface area contributed by atoms with Crippen LogP contribution in [0.3, 0.4) is 0 Å². The topological polar surface area (TPSA) is 60.9 Å². The normalized spacial score (nSPS) is 19.6. The van der Waals surface area contributed by atoms with Gasteiger partial charge in [0.05, 0.1) is 6.54 Å². The average molecular weight is 293 g/mol. The van der Waals surface area contributed by atoms with Crippen LogP contribution in [-0.2, 0) is 9.59 Å². The van der Waals surface area contributed by atoms with Crippen molar-refractivity contribution in [2.45, 2.75) is 58.7 Å². The first kappa shape index (κ1) is 18.2. The van der Waals surface area contributed by atoms with Crippen molar-refractivity contribution in [2.75, 3.05) is 13.1 Å². The monoisotopic (exact) mass is 292 g/mol. The third-order valence-corrected chi connectivity index (χ3v) is 3.39. The fourth-order valence-corrected chi connectivity index (χ4v) is 2.72. The summed E-state index contributed by atoms with van der Waals surface area (Å²) in [7, 11) is 0. The Hall–Kier alpha value is -0.810. The summed E-state index contributed by atoms with van der Waals surface area (Å²) in [5.74, 6) is -0.797. The van der Waals surface area contributed by atoms with Gasteiger partial charge in [0.2, 0.25) is 5.91 Å². The number of halogens is 1. The van der Waals surface area contributed by atoms with Crippen LogP contribution in [0, 0.1) is 0 Å². The van der Waals surface area contributed by atoms with Crippen molar-refractivity contribution in [1.29, 1.82) is 0 Å². The molecule has 0 aliphatic carbocycles. The highest BCUT2D eigenvalue weighted by atomic mass is 35.5. The molecule has 0 bridgehead atoms. The molecule has 0 unspecified atom stereocenters. The maximum absolute atomic E-state index is 12.2. The van der Waals surface area contributed by atoms with Crippen molar-refractivity contribution in [3.63, 3.8) is 0 Å². The Morgan fingerprint density at radius 3 is 2.21 bits per heavy atom. The van der Waals surface area contributed by atoms with Gasteiger partial charge < -0.3 is 10.0 Å². The minimum absolute atomic E-state index is 0. The van der Waals surface area contributed by atoms with Gasteiger partial charge in [0.15, 0.2) is 0 Å². The number of carbonyl (C=O) groups excluding carboxylic acids is 1. The van der Waals surface area contributed by atoms with Crippen LogP contribution < -0.4 is 0 Å². The van der Waals surface area contributed by atoms with Crippen molar-refractivity contribution < 1.29 is 14.7 Å². The first-order valence-corrected chi connectivity index (χ1v) is 6.62. The van der Waals surface area contributed by atoms with E-state index in [0.29, 0.717) is 13.0 Å². The lowest BCUT2D eigenvalue weighted by Crippen LogP contribution is -2.49. The van der Waals surface area contributed by atoms with E-state index in [9.17, 15) is 9.59 Å². The minimum atomic E-state index is -0.819. The van der Waals surface area contributed by atoms with Gasteiger partial charge in [-0.2, -0.15) is 0 Å². The molecule has 19 heavy (non-hydrogen) atoms. The fraction of sp³-hybridized carbons (Fsp3) is 0.846. The second-order valence-corrected chi connectivity index (χ2v) is 5.46. The van der Waals surface area contributed by atoms with E-state index >= 15 is 0 Å². The molecule has 6 heteroatoms. The van der Waals surface area contributed by atoms with Crippen LogP contribution >= 0.6 is 12.4 Å². The molecule has 1 atom stereocenters. The van der Waals surface area contributed by atoms with Gasteiger partial charge >= 0.3 is 5.97 Å². The summed E-state index contributed by atoms with van der Waals surface area (Å²) in [6, 6.07) is -0.207. The number of carbonyl (C=O) groups is 2. The third kappa shape index (κ3) is 4.66. The molecule has 1 saturated heterocycles. The number of amides is 1. The molecule has 0 aromatic carbocycles. The third-order valence-electron chi connectivity index (χ3n) is 3.39. The molecule has 1 aliphatic heterocycles. The zero-order chi connectivity index (χ0) is 13.9. The number of hydrogen-bond acceptors (Lipinski definition) is 3. The zero-order valence-electron chi connectivity index (χ0n) is 12.1. The van der Waals surface area contributed by atoms with Gasteiger partial charge in [0, 0.05) is 12.1 Å². The second-order valence-electron chi connectivity index (χ2n) is 5.46. The summed E-state index contributed by atoms with van der Waals surface area (Å²) in [4.78, 5) is 26.9. The Labute approximate surface area is 121 Å².